The predicted octanol–water partition coefficient (Wildman–Crippen LogP) is 1.44. The number of hydrogen-bond donors (Lipinski definition) is 0. The van der Waals surface area contributed by atoms with E-state index in [0.717, 1.165) is 12.2 Å². The molecular formula is C16H20N4O4. The van der Waals surface area contributed by atoms with Gasteiger partial charge in [0, 0.05) is 33.3 Å². The molecule has 0 radical (unpaired) electrons. The van der Waals surface area contributed by atoms with Crippen LogP contribution in [0.2, 0.25) is 0 Å². The van der Waals surface area contributed by atoms with E-state index in [2.05, 4.69) is 10.1 Å². The third-order valence-corrected chi connectivity index (χ3v) is 3.81. The van der Waals surface area contributed by atoms with E-state index in [4.69, 9.17) is 14.0 Å². The van der Waals surface area contributed by atoms with Crippen molar-refractivity contribution in [3.8, 4) is 11.6 Å². The van der Waals surface area contributed by atoms with Crippen molar-refractivity contribution in [3.63, 3.8) is 0 Å². The van der Waals surface area contributed by atoms with E-state index in [0.29, 0.717) is 18.8 Å². The molecule has 0 spiro atoms. The molecule has 128 valence electrons. The number of amides is 1. The number of rotatable bonds is 5. The number of pyridine rings is 1. The number of anilines is 1. The lowest BCUT2D eigenvalue weighted by Gasteiger charge is -2.20. The van der Waals surface area contributed by atoms with Gasteiger partial charge in [-0.3, -0.25) is 4.79 Å². The molecule has 3 heterocycles. The van der Waals surface area contributed by atoms with Crippen molar-refractivity contribution in [2.75, 3.05) is 39.2 Å². The Kier molecular flexibility index (Phi) is 4.54. The quantitative estimate of drug-likeness (QED) is 0.819. The van der Waals surface area contributed by atoms with Crippen LogP contribution < -0.4 is 14.4 Å². The average Bonchev–Trinajstić information content (AvgIpc) is 3.23. The van der Waals surface area contributed by atoms with Crippen LogP contribution in [-0.4, -0.2) is 61.3 Å². The van der Waals surface area contributed by atoms with Crippen molar-refractivity contribution in [3.05, 3.63) is 30.2 Å². The molecule has 1 atom stereocenters. The third-order valence-electron chi connectivity index (χ3n) is 3.81. The molecule has 1 aliphatic rings. The van der Waals surface area contributed by atoms with Crippen LogP contribution in [0, 0.1) is 0 Å². The van der Waals surface area contributed by atoms with Gasteiger partial charge in [0.05, 0.1) is 19.7 Å². The number of likely N-dealkylation sites (tertiary alicyclic amines) is 1. The standard InChI is InChI=1S/C16H20N4O4/c1-19(2)15-12(5-4-7-17-15)23-11-6-8-20(10-11)16(21)13-9-14(22-3)18-24-13/h4-5,7,9,11H,6,8,10H2,1-3H3/t11-/m1/s1. The Bertz CT molecular complexity index is 716. The Balaban J connectivity index is 1.64. The maximum Gasteiger partial charge on any atom is 0.292 e. The second kappa shape index (κ2) is 6.77. The smallest absolute Gasteiger partial charge is 0.292 e. The molecule has 0 aliphatic carbocycles. The van der Waals surface area contributed by atoms with E-state index in [-0.39, 0.29) is 23.7 Å². The van der Waals surface area contributed by atoms with E-state index < -0.39 is 0 Å². The second-order valence-electron chi connectivity index (χ2n) is 5.73. The van der Waals surface area contributed by atoms with Crippen LogP contribution >= 0.6 is 0 Å². The van der Waals surface area contributed by atoms with E-state index in [1.807, 2.05) is 31.1 Å². The molecule has 1 aliphatic heterocycles. The van der Waals surface area contributed by atoms with Crippen molar-refractivity contribution < 1.29 is 18.8 Å². The van der Waals surface area contributed by atoms with Gasteiger partial charge in [0.25, 0.3) is 11.8 Å². The minimum Gasteiger partial charge on any atom is -0.485 e. The molecule has 2 aromatic rings. The van der Waals surface area contributed by atoms with E-state index >= 15 is 0 Å². The number of aromatic nitrogens is 2. The number of hydrogen-bond acceptors (Lipinski definition) is 7. The number of methoxy groups -OCH3 is 1. The number of carbonyl (C=O) groups excluding carboxylic acids is 1. The molecule has 0 saturated carbocycles. The Morgan fingerprint density at radius 2 is 2.29 bits per heavy atom. The maximum absolute atomic E-state index is 12.4. The molecule has 3 rings (SSSR count). The Morgan fingerprint density at radius 1 is 1.46 bits per heavy atom. The predicted molar refractivity (Wildman–Crippen MR) is 86.6 cm³/mol. The average molecular weight is 332 g/mol. The molecule has 1 fully saturated rings. The molecule has 0 unspecified atom stereocenters. The molecule has 0 aromatic carbocycles. The summed E-state index contributed by atoms with van der Waals surface area (Å²) in [6.45, 7) is 1.09. The highest BCUT2D eigenvalue weighted by Gasteiger charge is 2.31. The molecule has 8 heteroatoms. The normalized spacial score (nSPS) is 17.0. The highest BCUT2D eigenvalue weighted by molar-refractivity contribution is 5.91. The van der Waals surface area contributed by atoms with Gasteiger partial charge in [0.1, 0.15) is 6.10 Å². The summed E-state index contributed by atoms with van der Waals surface area (Å²) in [6.07, 6.45) is 2.39. The van der Waals surface area contributed by atoms with Crippen LogP contribution in [0.5, 0.6) is 11.6 Å². The minimum absolute atomic E-state index is 0.0818. The zero-order chi connectivity index (χ0) is 17.1. The summed E-state index contributed by atoms with van der Waals surface area (Å²) in [6, 6.07) is 5.21. The molecular weight excluding hydrogens is 312 g/mol. The van der Waals surface area contributed by atoms with Gasteiger partial charge in [-0.15, -0.1) is 0 Å². The van der Waals surface area contributed by atoms with Crippen molar-refractivity contribution in [2.24, 2.45) is 0 Å². The molecule has 1 saturated heterocycles. The summed E-state index contributed by atoms with van der Waals surface area (Å²) >= 11 is 0. The van der Waals surface area contributed by atoms with Crippen LogP contribution in [-0.2, 0) is 0 Å². The molecule has 0 bridgehead atoms. The van der Waals surface area contributed by atoms with Crippen LogP contribution in [0.1, 0.15) is 17.0 Å². The number of nitrogens with zero attached hydrogens (tertiary/aromatic N) is 4. The zero-order valence-electron chi connectivity index (χ0n) is 13.9. The first-order chi connectivity index (χ1) is 11.6. The Hall–Kier alpha value is -2.77. The topological polar surface area (TPSA) is 80.9 Å². The second-order valence-corrected chi connectivity index (χ2v) is 5.73. The summed E-state index contributed by atoms with van der Waals surface area (Å²) < 4.78 is 16.0. The van der Waals surface area contributed by atoms with Gasteiger partial charge in [-0.2, -0.15) is 0 Å². The first-order valence-corrected chi connectivity index (χ1v) is 7.67. The highest BCUT2D eigenvalue weighted by Crippen LogP contribution is 2.27. The monoisotopic (exact) mass is 332 g/mol. The summed E-state index contributed by atoms with van der Waals surface area (Å²) in [5, 5.41) is 3.66. The van der Waals surface area contributed by atoms with Gasteiger partial charge in [0.2, 0.25) is 5.76 Å². The van der Waals surface area contributed by atoms with Gasteiger partial charge < -0.3 is 23.8 Å². The van der Waals surface area contributed by atoms with Crippen LogP contribution in [0.4, 0.5) is 5.82 Å². The lowest BCUT2D eigenvalue weighted by Crippen LogP contribution is -2.30. The zero-order valence-corrected chi connectivity index (χ0v) is 13.9. The van der Waals surface area contributed by atoms with Crippen molar-refractivity contribution in [1.29, 1.82) is 0 Å². The fourth-order valence-electron chi connectivity index (χ4n) is 2.61. The van der Waals surface area contributed by atoms with Crippen LogP contribution in [0.25, 0.3) is 0 Å². The number of carbonyl (C=O) groups is 1. The Labute approximate surface area is 139 Å². The van der Waals surface area contributed by atoms with Crippen molar-refractivity contribution in [2.45, 2.75) is 12.5 Å². The van der Waals surface area contributed by atoms with Crippen molar-refractivity contribution in [1.82, 2.24) is 15.0 Å². The molecule has 1 amide bonds. The molecule has 0 N–H and O–H groups in total. The number of ether oxygens (including phenoxy) is 2. The van der Waals surface area contributed by atoms with Gasteiger partial charge >= 0.3 is 0 Å². The van der Waals surface area contributed by atoms with Gasteiger partial charge in [0.15, 0.2) is 11.6 Å². The molecule has 8 nitrogen and oxygen atoms in total. The summed E-state index contributed by atoms with van der Waals surface area (Å²) in [5.74, 6) is 1.72. The molecule has 24 heavy (non-hydrogen) atoms. The highest BCUT2D eigenvalue weighted by atomic mass is 16.5. The lowest BCUT2D eigenvalue weighted by atomic mass is 10.3. The summed E-state index contributed by atoms with van der Waals surface area (Å²) in [4.78, 5) is 20.3. The fraction of sp³-hybridized carbons (Fsp3) is 0.438. The first-order valence-electron chi connectivity index (χ1n) is 7.67. The van der Waals surface area contributed by atoms with E-state index in [1.54, 1.807) is 11.1 Å². The third kappa shape index (κ3) is 3.27. The first kappa shape index (κ1) is 16.1. The lowest BCUT2D eigenvalue weighted by molar-refractivity contribution is 0.0731. The summed E-state index contributed by atoms with van der Waals surface area (Å²) in [7, 11) is 5.30. The Morgan fingerprint density at radius 3 is 3.00 bits per heavy atom. The SMILES string of the molecule is COc1cc(C(=O)N2CC[C@@H](Oc3cccnc3N(C)C)C2)on1. The minimum atomic E-state index is -0.212. The van der Waals surface area contributed by atoms with Gasteiger partial charge in [-0.25, -0.2) is 4.98 Å². The van der Waals surface area contributed by atoms with Crippen molar-refractivity contribution >= 4 is 11.7 Å². The maximum atomic E-state index is 12.4. The summed E-state index contributed by atoms with van der Waals surface area (Å²) in [5.41, 5.74) is 0. The van der Waals surface area contributed by atoms with E-state index in [9.17, 15) is 4.79 Å². The van der Waals surface area contributed by atoms with Gasteiger partial charge in [-0.05, 0) is 17.3 Å². The van der Waals surface area contributed by atoms with E-state index in [1.165, 1.54) is 13.2 Å². The molecule has 2 aromatic heterocycles. The van der Waals surface area contributed by atoms with Gasteiger partial charge in [-0.1, -0.05) is 0 Å². The largest absolute Gasteiger partial charge is 0.485 e. The fourth-order valence-corrected chi connectivity index (χ4v) is 2.61. The van der Waals surface area contributed by atoms with Crippen LogP contribution in [0.15, 0.2) is 28.9 Å². The van der Waals surface area contributed by atoms with Crippen LogP contribution in [0.3, 0.4) is 0 Å².